The average Bonchev–Trinajstić information content (AvgIpc) is 2.62. The van der Waals surface area contributed by atoms with Crippen molar-refractivity contribution in [3.63, 3.8) is 0 Å². The first-order valence-electron chi connectivity index (χ1n) is 10.3. The van der Waals surface area contributed by atoms with E-state index in [1.807, 2.05) is 24.3 Å². The van der Waals surface area contributed by atoms with Crippen molar-refractivity contribution in [3.05, 3.63) is 29.8 Å². The standard InChI is InChI=1S/C22H30N2O2S/c1-13(2)16-3-5-19(6-4-16)26-12-20(25)23-22(27)24-21-17-8-14-7-15(10-17)11-18(21)9-14/h3-6,13-15,17-18,21H,7-12H2,1-2H3,(H2,23,24,25,27). The number of thiocarbonyl (C=S) groups is 1. The van der Waals surface area contributed by atoms with Gasteiger partial charge in [-0.25, -0.2) is 0 Å². The molecule has 4 nitrogen and oxygen atoms in total. The molecule has 0 heterocycles. The van der Waals surface area contributed by atoms with Crippen LogP contribution in [0.2, 0.25) is 0 Å². The van der Waals surface area contributed by atoms with E-state index < -0.39 is 0 Å². The number of hydrogen-bond acceptors (Lipinski definition) is 3. The minimum atomic E-state index is -0.204. The lowest BCUT2D eigenvalue weighted by Crippen LogP contribution is -2.58. The molecule has 0 aromatic heterocycles. The zero-order valence-corrected chi connectivity index (χ0v) is 17.1. The summed E-state index contributed by atoms with van der Waals surface area (Å²) in [6.45, 7) is 4.28. The summed E-state index contributed by atoms with van der Waals surface area (Å²) in [4.78, 5) is 12.2. The molecular weight excluding hydrogens is 356 g/mol. The Hall–Kier alpha value is -1.62. The second kappa shape index (κ2) is 7.78. The summed E-state index contributed by atoms with van der Waals surface area (Å²) >= 11 is 5.41. The lowest BCUT2D eigenvalue weighted by atomic mass is 9.54. The third-order valence-electron chi connectivity index (χ3n) is 6.69. The number of ether oxygens (including phenoxy) is 1. The van der Waals surface area contributed by atoms with Crippen LogP contribution < -0.4 is 15.4 Å². The quantitative estimate of drug-likeness (QED) is 0.751. The van der Waals surface area contributed by atoms with Gasteiger partial charge in [0.15, 0.2) is 11.7 Å². The van der Waals surface area contributed by atoms with Gasteiger partial charge < -0.3 is 15.4 Å². The molecule has 1 aromatic rings. The van der Waals surface area contributed by atoms with E-state index in [1.165, 1.54) is 37.7 Å². The fraction of sp³-hybridized carbons (Fsp3) is 0.636. The van der Waals surface area contributed by atoms with Crippen LogP contribution in [0, 0.1) is 23.7 Å². The molecule has 146 valence electrons. The Morgan fingerprint density at radius 2 is 1.67 bits per heavy atom. The predicted octanol–water partition coefficient (Wildman–Crippen LogP) is 4.00. The van der Waals surface area contributed by atoms with Gasteiger partial charge in [-0.05, 0) is 91.6 Å². The monoisotopic (exact) mass is 386 g/mol. The maximum atomic E-state index is 12.2. The molecule has 0 saturated heterocycles. The van der Waals surface area contributed by atoms with Crippen molar-refractivity contribution in [2.24, 2.45) is 23.7 Å². The van der Waals surface area contributed by atoms with E-state index in [2.05, 4.69) is 24.5 Å². The van der Waals surface area contributed by atoms with Gasteiger partial charge in [0, 0.05) is 6.04 Å². The van der Waals surface area contributed by atoms with Gasteiger partial charge in [0.1, 0.15) is 5.75 Å². The first-order chi connectivity index (χ1) is 13.0. The van der Waals surface area contributed by atoms with E-state index in [0.717, 1.165) is 23.7 Å². The number of carbonyl (C=O) groups excluding carboxylic acids is 1. The number of carbonyl (C=O) groups is 1. The summed E-state index contributed by atoms with van der Waals surface area (Å²) in [5.74, 6) is 4.31. The van der Waals surface area contributed by atoms with Crippen LogP contribution in [0.25, 0.3) is 0 Å². The van der Waals surface area contributed by atoms with Gasteiger partial charge in [0.2, 0.25) is 0 Å². The van der Waals surface area contributed by atoms with Crippen LogP contribution in [-0.2, 0) is 4.79 Å². The van der Waals surface area contributed by atoms with Crippen LogP contribution >= 0.6 is 12.2 Å². The van der Waals surface area contributed by atoms with Crippen LogP contribution in [-0.4, -0.2) is 23.7 Å². The third kappa shape index (κ3) is 4.29. The molecule has 5 heteroatoms. The number of rotatable bonds is 5. The summed E-state index contributed by atoms with van der Waals surface area (Å²) in [5, 5.41) is 6.70. The Morgan fingerprint density at radius 3 is 2.22 bits per heavy atom. The zero-order valence-electron chi connectivity index (χ0n) is 16.2. The smallest absolute Gasteiger partial charge is 0.264 e. The first kappa shape index (κ1) is 18.7. The SMILES string of the molecule is CC(C)c1ccc(OCC(=O)NC(=S)NC2C3CC4CC(C3)CC2C4)cc1. The van der Waals surface area contributed by atoms with Crippen LogP contribution in [0.1, 0.15) is 57.4 Å². The van der Waals surface area contributed by atoms with Crippen molar-refractivity contribution >= 4 is 23.2 Å². The maximum Gasteiger partial charge on any atom is 0.264 e. The van der Waals surface area contributed by atoms with E-state index in [0.29, 0.717) is 22.8 Å². The van der Waals surface area contributed by atoms with Crippen LogP contribution in [0.5, 0.6) is 5.75 Å². The summed E-state index contributed by atoms with van der Waals surface area (Å²) < 4.78 is 5.59. The van der Waals surface area contributed by atoms with Gasteiger partial charge in [-0.3, -0.25) is 4.79 Å². The lowest BCUT2D eigenvalue weighted by molar-refractivity contribution is -0.121. The molecule has 4 fully saturated rings. The summed E-state index contributed by atoms with van der Waals surface area (Å²) in [7, 11) is 0. The molecule has 0 atom stereocenters. The number of nitrogens with one attached hydrogen (secondary N) is 2. The molecule has 4 aliphatic carbocycles. The minimum absolute atomic E-state index is 0.0233. The van der Waals surface area contributed by atoms with Crippen molar-refractivity contribution in [2.45, 2.75) is 57.9 Å². The van der Waals surface area contributed by atoms with Crippen molar-refractivity contribution in [3.8, 4) is 5.75 Å². The highest BCUT2D eigenvalue weighted by Gasteiger charge is 2.48. The molecule has 0 radical (unpaired) electrons. The van der Waals surface area contributed by atoms with Crippen LogP contribution in [0.15, 0.2) is 24.3 Å². The highest BCUT2D eigenvalue weighted by molar-refractivity contribution is 7.80. The van der Waals surface area contributed by atoms with Crippen molar-refractivity contribution in [1.29, 1.82) is 0 Å². The van der Waals surface area contributed by atoms with Gasteiger partial charge in [0.25, 0.3) is 5.91 Å². The number of hydrogen-bond donors (Lipinski definition) is 2. The van der Waals surface area contributed by atoms with E-state index in [4.69, 9.17) is 17.0 Å². The van der Waals surface area contributed by atoms with E-state index in [-0.39, 0.29) is 12.5 Å². The van der Waals surface area contributed by atoms with Crippen molar-refractivity contribution in [1.82, 2.24) is 10.6 Å². The van der Waals surface area contributed by atoms with Gasteiger partial charge in [-0.2, -0.15) is 0 Å². The van der Waals surface area contributed by atoms with Crippen molar-refractivity contribution in [2.75, 3.05) is 6.61 Å². The van der Waals surface area contributed by atoms with Gasteiger partial charge in [-0.15, -0.1) is 0 Å². The highest BCUT2D eigenvalue weighted by Crippen LogP contribution is 2.53. The Morgan fingerprint density at radius 1 is 1.07 bits per heavy atom. The lowest BCUT2D eigenvalue weighted by Gasteiger charge is -2.54. The second-order valence-corrected chi connectivity index (χ2v) is 9.40. The van der Waals surface area contributed by atoms with E-state index in [9.17, 15) is 4.79 Å². The molecule has 27 heavy (non-hydrogen) atoms. The van der Waals surface area contributed by atoms with Crippen LogP contribution in [0.3, 0.4) is 0 Å². The Balaban J connectivity index is 1.23. The minimum Gasteiger partial charge on any atom is -0.484 e. The van der Waals surface area contributed by atoms with Gasteiger partial charge in [0.05, 0.1) is 0 Å². The average molecular weight is 387 g/mol. The third-order valence-corrected chi connectivity index (χ3v) is 6.91. The summed E-state index contributed by atoms with van der Waals surface area (Å²) in [5.41, 5.74) is 1.26. The van der Waals surface area contributed by atoms with Gasteiger partial charge in [-0.1, -0.05) is 26.0 Å². The zero-order chi connectivity index (χ0) is 19.0. The maximum absolute atomic E-state index is 12.2. The topological polar surface area (TPSA) is 50.4 Å². The first-order valence-corrected chi connectivity index (χ1v) is 10.7. The molecule has 4 bridgehead atoms. The summed E-state index contributed by atoms with van der Waals surface area (Å²) in [6, 6.07) is 8.34. The molecule has 0 spiro atoms. The number of amides is 1. The Bertz CT molecular complexity index is 673. The normalized spacial score (nSPS) is 31.0. The second-order valence-electron chi connectivity index (χ2n) is 8.99. The summed E-state index contributed by atoms with van der Waals surface area (Å²) in [6.07, 6.45) is 6.76. The molecule has 1 aromatic carbocycles. The molecule has 1 amide bonds. The largest absolute Gasteiger partial charge is 0.484 e. The highest BCUT2D eigenvalue weighted by atomic mass is 32.1. The van der Waals surface area contributed by atoms with E-state index in [1.54, 1.807) is 0 Å². The number of benzene rings is 1. The fourth-order valence-corrected chi connectivity index (χ4v) is 5.86. The molecule has 4 aliphatic rings. The molecular formula is C22H30N2O2S. The molecule has 0 unspecified atom stereocenters. The molecule has 5 rings (SSSR count). The fourth-order valence-electron chi connectivity index (χ4n) is 5.61. The van der Waals surface area contributed by atoms with Crippen molar-refractivity contribution < 1.29 is 9.53 Å². The van der Waals surface area contributed by atoms with E-state index >= 15 is 0 Å². The van der Waals surface area contributed by atoms with Crippen LogP contribution in [0.4, 0.5) is 0 Å². The van der Waals surface area contributed by atoms with Gasteiger partial charge >= 0.3 is 0 Å². The predicted molar refractivity (Wildman–Crippen MR) is 111 cm³/mol. The molecule has 2 N–H and O–H groups in total. The molecule has 0 aliphatic heterocycles. The Labute approximate surface area is 167 Å². The molecule has 4 saturated carbocycles. The Kier molecular flexibility index (Phi) is 5.40.